The Bertz CT molecular complexity index is 581. The van der Waals surface area contributed by atoms with E-state index in [1.165, 1.54) is 0 Å². The summed E-state index contributed by atoms with van der Waals surface area (Å²) >= 11 is 4.28. The number of allylic oxidation sites excluding steroid dienone is 2. The Balaban J connectivity index is 1.71. The van der Waals surface area contributed by atoms with Crippen LogP contribution in [0.2, 0.25) is 0 Å². The molecule has 0 aromatic carbocycles. The summed E-state index contributed by atoms with van der Waals surface area (Å²) in [6, 6.07) is 5.73. The van der Waals surface area contributed by atoms with Crippen molar-refractivity contribution in [2.24, 2.45) is 0 Å². The summed E-state index contributed by atoms with van der Waals surface area (Å²) in [6.07, 6.45) is 5.06. The number of nitrogens with zero attached hydrogens (tertiary/aromatic N) is 2. The molecule has 5 nitrogen and oxygen atoms in total. The number of rotatable bonds is 7. The third-order valence-corrected chi connectivity index (χ3v) is 5.89. The molecule has 0 saturated carbocycles. The molecule has 1 atom stereocenters. The predicted molar refractivity (Wildman–Crippen MR) is 95.9 cm³/mol. The van der Waals surface area contributed by atoms with E-state index in [-0.39, 0.29) is 5.91 Å². The zero-order valence-corrected chi connectivity index (χ0v) is 15.2. The molecule has 0 radical (unpaired) electrons. The molecule has 1 aliphatic heterocycles. The fraction of sp³-hybridized carbons (Fsp3) is 0.400. The Hall–Kier alpha value is -1.12. The second-order valence-corrected chi connectivity index (χ2v) is 7.82. The number of hydroxylamine groups is 2. The molecule has 1 saturated heterocycles. The third-order valence-electron chi connectivity index (χ3n) is 3.13. The highest BCUT2D eigenvalue weighted by atomic mass is 33.1. The average molecular weight is 371 g/mol. The first-order valence-electron chi connectivity index (χ1n) is 7.20. The molecule has 1 aromatic rings. The van der Waals surface area contributed by atoms with Crippen molar-refractivity contribution >= 4 is 46.1 Å². The zero-order valence-electron chi connectivity index (χ0n) is 12.7. The van der Waals surface area contributed by atoms with Gasteiger partial charge in [-0.2, -0.15) is 12.6 Å². The summed E-state index contributed by atoms with van der Waals surface area (Å²) in [5.41, 5.74) is 0.726. The number of hydrogen-bond donors (Lipinski definition) is 1. The van der Waals surface area contributed by atoms with Gasteiger partial charge in [0.1, 0.15) is 10.3 Å². The van der Waals surface area contributed by atoms with Crippen LogP contribution >= 0.6 is 34.2 Å². The summed E-state index contributed by atoms with van der Waals surface area (Å²) in [5, 5.41) is 1.47. The van der Waals surface area contributed by atoms with Gasteiger partial charge in [0.25, 0.3) is 5.91 Å². The molecule has 0 spiro atoms. The van der Waals surface area contributed by atoms with Crippen LogP contribution in [0.1, 0.15) is 26.2 Å². The van der Waals surface area contributed by atoms with Gasteiger partial charge in [0.15, 0.2) is 0 Å². The third kappa shape index (κ3) is 5.47. The Morgan fingerprint density at radius 1 is 1.52 bits per heavy atom. The maximum Gasteiger partial charge on any atom is 0.345 e. The second kappa shape index (κ2) is 9.24. The lowest BCUT2D eigenvalue weighted by molar-refractivity contribution is -0.186. The Kier molecular flexibility index (Phi) is 7.32. The average Bonchev–Trinajstić information content (AvgIpc) is 2.92. The van der Waals surface area contributed by atoms with Crippen molar-refractivity contribution in [3.63, 3.8) is 0 Å². The van der Waals surface area contributed by atoms with Gasteiger partial charge in [0.2, 0.25) is 0 Å². The summed E-state index contributed by atoms with van der Waals surface area (Å²) < 4.78 is 0. The normalized spacial score (nSPS) is 17.6. The summed E-state index contributed by atoms with van der Waals surface area (Å²) in [4.78, 5) is 33.1. The van der Waals surface area contributed by atoms with Crippen LogP contribution < -0.4 is 0 Å². The van der Waals surface area contributed by atoms with E-state index in [0.29, 0.717) is 19.3 Å². The van der Waals surface area contributed by atoms with Gasteiger partial charge in [-0.1, -0.05) is 22.9 Å². The van der Waals surface area contributed by atoms with Crippen LogP contribution in [0.4, 0.5) is 0 Å². The van der Waals surface area contributed by atoms with Crippen LogP contribution in [-0.2, 0) is 14.4 Å². The van der Waals surface area contributed by atoms with Crippen LogP contribution in [0.15, 0.2) is 41.2 Å². The standard InChI is InChI=1S/C15H18N2O3S3/c1-2-11-6-7-14(18)17(11)20-15(19)12(21)8-10-22-23-13-5-3-4-9-16-13/h2-5,9,12,21H,6-8,10H2,1H3/b11-2+. The number of aromatic nitrogens is 1. The smallest absolute Gasteiger partial charge is 0.332 e. The molecule has 2 heterocycles. The van der Waals surface area contributed by atoms with Crippen LogP contribution in [0.5, 0.6) is 0 Å². The lowest BCUT2D eigenvalue weighted by Crippen LogP contribution is -2.31. The van der Waals surface area contributed by atoms with Gasteiger partial charge in [-0.05, 0) is 42.7 Å². The maximum atomic E-state index is 12.0. The quantitative estimate of drug-likeness (QED) is 0.450. The molecule has 2 rings (SSSR count). The minimum atomic E-state index is -0.557. The van der Waals surface area contributed by atoms with Crippen molar-refractivity contribution in [1.82, 2.24) is 10.0 Å². The fourth-order valence-corrected chi connectivity index (χ4v) is 4.22. The topological polar surface area (TPSA) is 59.5 Å². The molecule has 1 fully saturated rings. The Morgan fingerprint density at radius 3 is 3.04 bits per heavy atom. The maximum absolute atomic E-state index is 12.0. The van der Waals surface area contributed by atoms with E-state index in [9.17, 15) is 9.59 Å². The molecule has 0 N–H and O–H groups in total. The molecule has 1 aliphatic rings. The molecule has 1 aromatic heterocycles. The van der Waals surface area contributed by atoms with E-state index in [2.05, 4.69) is 17.6 Å². The molecule has 8 heteroatoms. The van der Waals surface area contributed by atoms with E-state index in [0.717, 1.165) is 21.5 Å². The van der Waals surface area contributed by atoms with Gasteiger partial charge >= 0.3 is 5.97 Å². The number of carbonyl (C=O) groups is 2. The number of carbonyl (C=O) groups excluding carboxylic acids is 2. The van der Waals surface area contributed by atoms with E-state index in [4.69, 9.17) is 4.84 Å². The minimum absolute atomic E-state index is 0.188. The highest BCUT2D eigenvalue weighted by Crippen LogP contribution is 2.30. The zero-order chi connectivity index (χ0) is 16.7. The van der Waals surface area contributed by atoms with Crippen LogP contribution in [0.3, 0.4) is 0 Å². The molecule has 1 unspecified atom stereocenters. The van der Waals surface area contributed by atoms with Crippen LogP contribution in [-0.4, -0.2) is 32.9 Å². The van der Waals surface area contributed by atoms with Gasteiger partial charge in [-0.25, -0.2) is 9.78 Å². The molecule has 124 valence electrons. The van der Waals surface area contributed by atoms with Gasteiger partial charge in [-0.3, -0.25) is 4.79 Å². The highest BCUT2D eigenvalue weighted by molar-refractivity contribution is 8.76. The van der Waals surface area contributed by atoms with Crippen molar-refractivity contribution in [1.29, 1.82) is 0 Å². The lowest BCUT2D eigenvalue weighted by atomic mass is 10.3. The molecular weight excluding hydrogens is 352 g/mol. The van der Waals surface area contributed by atoms with E-state index < -0.39 is 11.2 Å². The van der Waals surface area contributed by atoms with Crippen molar-refractivity contribution in [3.05, 3.63) is 36.2 Å². The molecule has 0 aliphatic carbocycles. The van der Waals surface area contributed by atoms with Crippen molar-refractivity contribution in [3.8, 4) is 0 Å². The van der Waals surface area contributed by atoms with Crippen LogP contribution in [0.25, 0.3) is 0 Å². The number of thiol groups is 1. The molecular formula is C15H18N2O3S3. The van der Waals surface area contributed by atoms with Crippen molar-refractivity contribution in [2.45, 2.75) is 36.5 Å². The first-order valence-corrected chi connectivity index (χ1v) is 10.0. The SMILES string of the molecule is C/C=C1\CCC(=O)N1OC(=O)C(S)CCSSc1ccccn1. The van der Waals surface area contributed by atoms with Crippen LogP contribution in [0, 0.1) is 0 Å². The number of pyridine rings is 1. The highest BCUT2D eigenvalue weighted by Gasteiger charge is 2.30. The first-order chi connectivity index (χ1) is 11.1. The monoisotopic (exact) mass is 370 g/mol. The molecule has 1 amide bonds. The largest absolute Gasteiger partial charge is 0.345 e. The van der Waals surface area contributed by atoms with Crippen molar-refractivity contribution < 1.29 is 14.4 Å². The molecule has 0 bridgehead atoms. The Labute approximate surface area is 149 Å². The van der Waals surface area contributed by atoms with E-state index in [1.807, 2.05) is 25.1 Å². The minimum Gasteiger partial charge on any atom is -0.332 e. The van der Waals surface area contributed by atoms with Gasteiger partial charge in [0.05, 0.1) is 5.70 Å². The predicted octanol–water partition coefficient (Wildman–Crippen LogP) is 3.49. The van der Waals surface area contributed by atoms with E-state index in [1.54, 1.807) is 33.9 Å². The van der Waals surface area contributed by atoms with Gasteiger partial charge < -0.3 is 4.84 Å². The van der Waals surface area contributed by atoms with Gasteiger partial charge in [0, 0.05) is 18.4 Å². The summed E-state index contributed by atoms with van der Waals surface area (Å²) in [6.45, 7) is 1.82. The fourth-order valence-electron chi connectivity index (χ4n) is 1.90. The molecule has 23 heavy (non-hydrogen) atoms. The van der Waals surface area contributed by atoms with E-state index >= 15 is 0 Å². The van der Waals surface area contributed by atoms with Crippen molar-refractivity contribution in [2.75, 3.05) is 5.75 Å². The lowest BCUT2D eigenvalue weighted by Gasteiger charge is -2.18. The number of hydrogen-bond acceptors (Lipinski definition) is 7. The summed E-state index contributed by atoms with van der Waals surface area (Å²) in [7, 11) is 3.16. The number of amides is 1. The van der Waals surface area contributed by atoms with Gasteiger partial charge in [-0.15, -0.1) is 5.06 Å². The first kappa shape index (κ1) is 18.2. The Morgan fingerprint density at radius 2 is 2.35 bits per heavy atom. The second-order valence-electron chi connectivity index (χ2n) is 4.76. The summed E-state index contributed by atoms with van der Waals surface area (Å²) in [5.74, 6) is 0.0491.